The van der Waals surface area contributed by atoms with E-state index in [1.54, 1.807) is 0 Å². The molecule has 1 heterocycles. The van der Waals surface area contributed by atoms with Crippen molar-refractivity contribution in [1.82, 2.24) is 0 Å². The monoisotopic (exact) mass is 592 g/mol. The van der Waals surface area contributed by atoms with Gasteiger partial charge in [0.1, 0.15) is 73.9 Å². The summed E-state index contributed by atoms with van der Waals surface area (Å²) in [7, 11) is 18.5. The predicted octanol–water partition coefficient (Wildman–Crippen LogP) is -3.04. The Bertz CT molecular complexity index is 2530. The third kappa shape index (κ3) is 4.28. The van der Waals surface area contributed by atoms with Gasteiger partial charge in [0.15, 0.2) is 0 Å². The molecule has 214 valence electrons. The number of hydrogen-bond acceptors (Lipinski definition) is 1. The lowest BCUT2D eigenvalue weighted by atomic mass is 9.59. The van der Waals surface area contributed by atoms with Gasteiger partial charge >= 0.3 is 0 Å². The Kier molecular flexibility index (Phi) is 6.95. The van der Waals surface area contributed by atoms with Crippen LogP contribution in [0.15, 0.2) is 101 Å². The molecule has 0 saturated heterocycles. The molecule has 0 aliphatic heterocycles. The van der Waals surface area contributed by atoms with Crippen molar-refractivity contribution < 1.29 is 4.42 Å². The average Bonchev–Trinajstić information content (AvgIpc) is 3.49. The average molecular weight is 591 g/mol. The molecular formula is C38H32B8O. The Hall–Kier alpha value is -4.62. The first-order chi connectivity index (χ1) is 22.7. The van der Waals surface area contributed by atoms with Crippen molar-refractivity contribution in [2.45, 2.75) is 0 Å². The van der Waals surface area contributed by atoms with Gasteiger partial charge in [-0.2, -0.15) is 0 Å². The van der Waals surface area contributed by atoms with Gasteiger partial charge < -0.3 is 4.42 Å². The standard InChI is InChI=1S/C38H32B8O/c39-31-27-24(19-11-6-10-18(16-19)17-8-2-1-3-9-17)28-30(34(42)38(46)36(44)32(28)40)26(29(27)33(41)37(45)35(31)43)21-13-7-15-23-25(21)20-12-4-5-14-22(20)47-23/h1-16H,39-46H2. The summed E-state index contributed by atoms with van der Waals surface area (Å²) in [4.78, 5) is 0. The lowest BCUT2D eigenvalue weighted by Crippen LogP contribution is -2.50. The maximum atomic E-state index is 6.48. The van der Waals surface area contributed by atoms with Gasteiger partial charge in [-0.05, 0) is 73.1 Å². The third-order valence-electron chi connectivity index (χ3n) is 11.3. The highest BCUT2D eigenvalue weighted by molar-refractivity contribution is 6.71. The summed E-state index contributed by atoms with van der Waals surface area (Å²) in [5.74, 6) is 0. The minimum Gasteiger partial charge on any atom is -0.456 e. The zero-order valence-corrected chi connectivity index (χ0v) is 28.6. The van der Waals surface area contributed by atoms with Crippen LogP contribution in [-0.4, -0.2) is 62.8 Å². The van der Waals surface area contributed by atoms with Crippen molar-refractivity contribution in [3.8, 4) is 33.4 Å². The van der Waals surface area contributed by atoms with Crippen LogP contribution in [0.1, 0.15) is 0 Å². The minimum atomic E-state index is 0.928. The molecule has 0 aliphatic rings. The van der Waals surface area contributed by atoms with Crippen LogP contribution < -0.4 is 43.7 Å². The van der Waals surface area contributed by atoms with Crippen LogP contribution in [0.3, 0.4) is 0 Å². The lowest BCUT2D eigenvalue weighted by Gasteiger charge is -2.28. The van der Waals surface area contributed by atoms with E-state index in [1.165, 1.54) is 104 Å². The summed E-state index contributed by atoms with van der Waals surface area (Å²) in [6.45, 7) is 0. The van der Waals surface area contributed by atoms with Crippen LogP contribution in [0, 0.1) is 0 Å². The van der Waals surface area contributed by atoms with E-state index in [1.807, 2.05) is 0 Å². The predicted molar refractivity (Wildman–Crippen MR) is 230 cm³/mol. The molecule has 0 bridgehead atoms. The van der Waals surface area contributed by atoms with Gasteiger partial charge in [0.25, 0.3) is 0 Å². The molecule has 0 N–H and O–H groups in total. The first kappa shape index (κ1) is 29.8. The zero-order valence-electron chi connectivity index (χ0n) is 28.6. The summed E-state index contributed by atoms with van der Waals surface area (Å²) in [6, 6.07) is 35.0. The number of rotatable bonds is 3. The summed E-state index contributed by atoms with van der Waals surface area (Å²) >= 11 is 0. The van der Waals surface area contributed by atoms with E-state index in [0.717, 1.165) is 16.6 Å². The molecule has 0 atom stereocenters. The topological polar surface area (TPSA) is 13.1 Å². The SMILES string of the molecule is Bc1c(B)c(B)c2c(-c3cccc4oc5ccccc5c34)c3c(B)c(B)c(B)c(B)c3c(-c3cccc(-c4ccccc4)c3)c2c1B. The normalized spacial score (nSPS) is 11.7. The Morgan fingerprint density at radius 2 is 0.809 bits per heavy atom. The number of hydrogen-bond donors (Lipinski definition) is 0. The molecule has 0 radical (unpaired) electrons. The summed E-state index contributed by atoms with van der Waals surface area (Å²) in [5, 5.41) is 7.76. The van der Waals surface area contributed by atoms with Crippen molar-refractivity contribution in [2.24, 2.45) is 0 Å². The largest absolute Gasteiger partial charge is 0.456 e. The van der Waals surface area contributed by atoms with Crippen molar-refractivity contribution in [2.75, 3.05) is 0 Å². The van der Waals surface area contributed by atoms with E-state index in [-0.39, 0.29) is 0 Å². The van der Waals surface area contributed by atoms with Crippen molar-refractivity contribution in [3.05, 3.63) is 97.1 Å². The van der Waals surface area contributed by atoms with Gasteiger partial charge in [-0.3, -0.25) is 0 Å². The molecule has 0 fully saturated rings. The fourth-order valence-electron chi connectivity index (χ4n) is 8.15. The number of benzene rings is 7. The Morgan fingerprint density at radius 1 is 0.340 bits per heavy atom. The molecule has 8 aromatic rings. The second-order valence-electron chi connectivity index (χ2n) is 13.5. The maximum Gasteiger partial charge on any atom is 0.139 e. The van der Waals surface area contributed by atoms with Gasteiger partial charge in [0.2, 0.25) is 0 Å². The van der Waals surface area contributed by atoms with Crippen LogP contribution in [0.4, 0.5) is 0 Å². The highest BCUT2D eigenvalue weighted by Gasteiger charge is 2.26. The second kappa shape index (κ2) is 11.0. The highest BCUT2D eigenvalue weighted by atomic mass is 16.3. The zero-order chi connectivity index (χ0) is 32.7. The van der Waals surface area contributed by atoms with Gasteiger partial charge in [-0.1, -0.05) is 101 Å². The second-order valence-corrected chi connectivity index (χ2v) is 13.5. The first-order valence-corrected chi connectivity index (χ1v) is 16.7. The molecular weight excluding hydrogens is 559 g/mol. The Balaban J connectivity index is 1.67. The fourth-order valence-corrected chi connectivity index (χ4v) is 8.15. The van der Waals surface area contributed by atoms with Crippen molar-refractivity contribution >= 4 is 150 Å². The number of fused-ring (bicyclic) bond motifs is 5. The molecule has 9 heteroatoms. The van der Waals surface area contributed by atoms with Crippen molar-refractivity contribution in [3.63, 3.8) is 0 Å². The van der Waals surface area contributed by atoms with Crippen molar-refractivity contribution in [1.29, 1.82) is 0 Å². The van der Waals surface area contributed by atoms with Gasteiger partial charge in [0, 0.05) is 10.8 Å². The van der Waals surface area contributed by atoms with Crippen LogP contribution in [0.5, 0.6) is 0 Å². The van der Waals surface area contributed by atoms with E-state index in [0.29, 0.717) is 0 Å². The highest BCUT2D eigenvalue weighted by Crippen LogP contribution is 2.45. The quantitative estimate of drug-likeness (QED) is 0.158. The molecule has 0 aliphatic carbocycles. The van der Waals surface area contributed by atoms with Crippen LogP contribution in [0.25, 0.3) is 76.9 Å². The van der Waals surface area contributed by atoms with Gasteiger partial charge in [0.05, 0.1) is 0 Å². The minimum absolute atomic E-state index is 0.928. The molecule has 7 aromatic carbocycles. The van der Waals surface area contributed by atoms with E-state index >= 15 is 0 Å². The van der Waals surface area contributed by atoms with E-state index in [9.17, 15) is 0 Å². The van der Waals surface area contributed by atoms with Gasteiger partial charge in [-0.15, -0.1) is 21.9 Å². The Labute approximate surface area is 283 Å². The molecule has 8 rings (SSSR count). The molecule has 0 amide bonds. The van der Waals surface area contributed by atoms with E-state index in [2.05, 4.69) is 160 Å². The lowest BCUT2D eigenvalue weighted by molar-refractivity contribution is 0.669. The molecule has 1 aromatic heterocycles. The molecule has 0 spiro atoms. The molecule has 47 heavy (non-hydrogen) atoms. The van der Waals surface area contributed by atoms with Gasteiger partial charge in [-0.25, -0.2) is 0 Å². The summed E-state index contributed by atoms with van der Waals surface area (Å²) in [5.41, 5.74) is 20.4. The summed E-state index contributed by atoms with van der Waals surface area (Å²) < 4.78 is 6.48. The Morgan fingerprint density at radius 3 is 1.43 bits per heavy atom. The van der Waals surface area contributed by atoms with Crippen LogP contribution in [-0.2, 0) is 0 Å². The fraction of sp³-hybridized carbons (Fsp3) is 0. The molecule has 0 saturated carbocycles. The third-order valence-corrected chi connectivity index (χ3v) is 11.3. The van der Waals surface area contributed by atoms with E-state index in [4.69, 9.17) is 4.42 Å². The number of para-hydroxylation sites is 1. The number of furan rings is 1. The molecule has 0 unspecified atom stereocenters. The smallest absolute Gasteiger partial charge is 0.139 e. The first-order valence-electron chi connectivity index (χ1n) is 16.7. The van der Waals surface area contributed by atoms with Crippen LogP contribution >= 0.6 is 0 Å². The van der Waals surface area contributed by atoms with E-state index < -0.39 is 0 Å². The maximum absolute atomic E-state index is 6.48. The summed E-state index contributed by atoms with van der Waals surface area (Å²) in [6.07, 6.45) is 0. The van der Waals surface area contributed by atoms with Crippen LogP contribution in [0.2, 0.25) is 0 Å². The molecule has 1 nitrogen and oxygen atoms in total.